The molecule has 0 aliphatic carbocycles. The van der Waals surface area contributed by atoms with Crippen molar-refractivity contribution in [3.05, 3.63) is 35.9 Å². The molecule has 0 fully saturated rings. The van der Waals surface area contributed by atoms with E-state index in [0.29, 0.717) is 12.3 Å². The molecular formula is C15H20N4O. The van der Waals surface area contributed by atoms with Gasteiger partial charge in [0, 0.05) is 20.1 Å². The summed E-state index contributed by atoms with van der Waals surface area (Å²) in [5.41, 5.74) is 5.29. The SMILES string of the molecule is CN(C)CCN(C)C(=O)C1=NNc2ccccc2C=C1. The van der Waals surface area contributed by atoms with Crippen LogP contribution in [0.3, 0.4) is 0 Å². The van der Waals surface area contributed by atoms with Gasteiger partial charge in [0.15, 0.2) is 0 Å². The second-order valence-electron chi connectivity index (χ2n) is 5.06. The molecule has 0 saturated heterocycles. The molecule has 1 aromatic carbocycles. The monoisotopic (exact) mass is 272 g/mol. The van der Waals surface area contributed by atoms with Gasteiger partial charge in [-0.15, -0.1) is 0 Å². The fourth-order valence-electron chi connectivity index (χ4n) is 1.84. The highest BCUT2D eigenvalue weighted by atomic mass is 16.2. The normalized spacial score (nSPS) is 13.3. The van der Waals surface area contributed by atoms with Crippen LogP contribution in [0.25, 0.3) is 6.08 Å². The molecule has 20 heavy (non-hydrogen) atoms. The zero-order chi connectivity index (χ0) is 14.5. The molecule has 1 aromatic rings. The molecule has 0 atom stereocenters. The van der Waals surface area contributed by atoms with Crippen molar-refractivity contribution in [1.29, 1.82) is 0 Å². The van der Waals surface area contributed by atoms with Gasteiger partial charge in [0.05, 0.1) is 5.69 Å². The number of fused-ring (bicyclic) bond motifs is 1. The molecule has 5 heteroatoms. The van der Waals surface area contributed by atoms with Crippen LogP contribution in [0.4, 0.5) is 5.69 Å². The number of benzene rings is 1. The molecule has 1 aliphatic rings. The number of carbonyl (C=O) groups excluding carboxylic acids is 1. The smallest absolute Gasteiger partial charge is 0.274 e. The van der Waals surface area contributed by atoms with Gasteiger partial charge in [0.25, 0.3) is 5.91 Å². The molecule has 0 saturated carbocycles. The average Bonchev–Trinajstić information content (AvgIpc) is 2.66. The van der Waals surface area contributed by atoms with Gasteiger partial charge in [-0.2, -0.15) is 5.10 Å². The standard InChI is InChI=1S/C15H20N4O/c1-18(2)10-11-19(3)15(20)14-9-8-12-6-4-5-7-13(12)16-17-14/h4-9,16H,10-11H2,1-3H3. The van der Waals surface area contributed by atoms with E-state index in [1.807, 2.05) is 49.3 Å². The molecular weight excluding hydrogens is 252 g/mol. The van der Waals surface area contributed by atoms with E-state index in [2.05, 4.69) is 10.5 Å². The van der Waals surface area contributed by atoms with Gasteiger partial charge in [-0.25, -0.2) is 0 Å². The number of rotatable bonds is 4. The molecule has 106 valence electrons. The van der Waals surface area contributed by atoms with Crippen molar-refractivity contribution in [1.82, 2.24) is 9.80 Å². The van der Waals surface area contributed by atoms with E-state index in [1.165, 1.54) is 0 Å². The van der Waals surface area contributed by atoms with Crippen molar-refractivity contribution in [3.8, 4) is 0 Å². The number of nitrogens with zero attached hydrogens (tertiary/aromatic N) is 3. The van der Waals surface area contributed by atoms with E-state index < -0.39 is 0 Å². The van der Waals surface area contributed by atoms with Crippen molar-refractivity contribution in [3.63, 3.8) is 0 Å². The lowest BCUT2D eigenvalue weighted by atomic mass is 10.1. The van der Waals surface area contributed by atoms with Crippen molar-refractivity contribution < 1.29 is 4.79 Å². The summed E-state index contributed by atoms with van der Waals surface area (Å²) >= 11 is 0. The maximum Gasteiger partial charge on any atom is 0.274 e. The number of carbonyl (C=O) groups is 1. The van der Waals surface area contributed by atoms with E-state index in [9.17, 15) is 4.79 Å². The summed E-state index contributed by atoms with van der Waals surface area (Å²) in [6, 6.07) is 7.82. The highest BCUT2D eigenvalue weighted by Crippen LogP contribution is 2.18. The molecule has 0 bridgehead atoms. The van der Waals surface area contributed by atoms with Crippen LogP contribution < -0.4 is 5.43 Å². The van der Waals surface area contributed by atoms with Crippen LogP contribution in [0.1, 0.15) is 5.56 Å². The Kier molecular flexibility index (Phi) is 4.53. The van der Waals surface area contributed by atoms with Gasteiger partial charge < -0.3 is 9.80 Å². The second kappa shape index (κ2) is 6.34. The van der Waals surface area contributed by atoms with Crippen LogP contribution >= 0.6 is 0 Å². The van der Waals surface area contributed by atoms with E-state index >= 15 is 0 Å². The molecule has 2 rings (SSSR count). The first-order valence-corrected chi connectivity index (χ1v) is 6.59. The Morgan fingerprint density at radius 3 is 2.65 bits per heavy atom. The summed E-state index contributed by atoms with van der Waals surface area (Å²) < 4.78 is 0. The quantitative estimate of drug-likeness (QED) is 0.903. The Morgan fingerprint density at radius 2 is 1.90 bits per heavy atom. The Bertz CT molecular complexity index is 549. The van der Waals surface area contributed by atoms with Crippen LogP contribution in [-0.2, 0) is 4.79 Å². The predicted octanol–water partition coefficient (Wildman–Crippen LogP) is 1.50. The number of hydrogen-bond donors (Lipinski definition) is 1. The molecule has 0 spiro atoms. The molecule has 0 aromatic heterocycles. The summed E-state index contributed by atoms with van der Waals surface area (Å²) in [4.78, 5) is 16.0. The minimum atomic E-state index is -0.0802. The minimum Gasteiger partial charge on any atom is -0.339 e. The van der Waals surface area contributed by atoms with Gasteiger partial charge in [-0.1, -0.05) is 24.3 Å². The lowest BCUT2D eigenvalue weighted by Gasteiger charge is -2.19. The van der Waals surface area contributed by atoms with Gasteiger partial charge in [0.2, 0.25) is 0 Å². The number of anilines is 1. The third-order valence-corrected chi connectivity index (χ3v) is 3.13. The Hall–Kier alpha value is -2.14. The number of hydrogen-bond acceptors (Lipinski definition) is 4. The number of hydrazone groups is 1. The molecule has 1 N–H and O–H groups in total. The number of para-hydroxylation sites is 1. The summed E-state index contributed by atoms with van der Waals surface area (Å²) in [6.07, 6.45) is 3.67. The topological polar surface area (TPSA) is 47.9 Å². The predicted molar refractivity (Wildman–Crippen MR) is 82.7 cm³/mol. The van der Waals surface area contributed by atoms with Crippen molar-refractivity contribution in [2.75, 3.05) is 39.7 Å². The highest BCUT2D eigenvalue weighted by molar-refractivity contribution is 6.44. The molecule has 0 unspecified atom stereocenters. The van der Waals surface area contributed by atoms with Crippen molar-refractivity contribution in [2.45, 2.75) is 0 Å². The fourth-order valence-corrected chi connectivity index (χ4v) is 1.84. The largest absolute Gasteiger partial charge is 0.339 e. The molecule has 1 aliphatic heterocycles. The van der Waals surface area contributed by atoms with E-state index in [0.717, 1.165) is 17.8 Å². The maximum absolute atomic E-state index is 12.3. The van der Waals surface area contributed by atoms with Crippen molar-refractivity contribution >= 4 is 23.4 Å². The van der Waals surface area contributed by atoms with E-state index in [1.54, 1.807) is 18.0 Å². The first-order valence-electron chi connectivity index (χ1n) is 6.59. The summed E-state index contributed by atoms with van der Waals surface area (Å²) in [5, 5.41) is 4.19. The highest BCUT2D eigenvalue weighted by Gasteiger charge is 2.16. The fraction of sp³-hybridized carbons (Fsp3) is 0.333. The van der Waals surface area contributed by atoms with Gasteiger partial charge >= 0.3 is 0 Å². The zero-order valence-electron chi connectivity index (χ0n) is 12.1. The third-order valence-electron chi connectivity index (χ3n) is 3.13. The van der Waals surface area contributed by atoms with Crippen LogP contribution in [0.15, 0.2) is 35.4 Å². The van der Waals surface area contributed by atoms with Crippen LogP contribution in [0.2, 0.25) is 0 Å². The lowest BCUT2D eigenvalue weighted by Crippen LogP contribution is -2.37. The Balaban J connectivity index is 2.07. The Labute approximate surface area is 119 Å². The van der Waals surface area contributed by atoms with Gasteiger partial charge in [-0.3, -0.25) is 10.2 Å². The number of likely N-dealkylation sites (N-methyl/N-ethyl adjacent to an activating group) is 2. The lowest BCUT2D eigenvalue weighted by molar-refractivity contribution is -0.122. The van der Waals surface area contributed by atoms with Gasteiger partial charge in [-0.05, 0) is 31.8 Å². The molecule has 1 amide bonds. The summed E-state index contributed by atoms with van der Waals surface area (Å²) in [5.74, 6) is -0.0802. The molecule has 1 heterocycles. The molecule has 5 nitrogen and oxygen atoms in total. The van der Waals surface area contributed by atoms with E-state index in [4.69, 9.17) is 0 Å². The first kappa shape index (κ1) is 14.3. The van der Waals surface area contributed by atoms with Crippen molar-refractivity contribution in [2.24, 2.45) is 5.10 Å². The molecule has 0 radical (unpaired) electrons. The first-order chi connectivity index (χ1) is 9.58. The number of nitrogens with one attached hydrogen (secondary N) is 1. The zero-order valence-corrected chi connectivity index (χ0v) is 12.1. The maximum atomic E-state index is 12.3. The third kappa shape index (κ3) is 3.45. The van der Waals surface area contributed by atoms with Gasteiger partial charge in [0.1, 0.15) is 5.71 Å². The Morgan fingerprint density at radius 1 is 1.15 bits per heavy atom. The van der Waals surface area contributed by atoms with Crippen LogP contribution in [0, 0.1) is 0 Å². The number of amides is 1. The second-order valence-corrected chi connectivity index (χ2v) is 5.06. The summed E-state index contributed by atoms with van der Waals surface area (Å²) in [6.45, 7) is 1.50. The minimum absolute atomic E-state index is 0.0802. The van der Waals surface area contributed by atoms with Crippen LogP contribution in [-0.4, -0.2) is 55.7 Å². The van der Waals surface area contributed by atoms with E-state index in [-0.39, 0.29) is 5.91 Å². The average molecular weight is 272 g/mol. The summed E-state index contributed by atoms with van der Waals surface area (Å²) in [7, 11) is 5.76. The van der Waals surface area contributed by atoms with Crippen LogP contribution in [0.5, 0.6) is 0 Å².